The van der Waals surface area contributed by atoms with Crippen LogP contribution in [0.5, 0.6) is 0 Å². The van der Waals surface area contributed by atoms with E-state index in [9.17, 15) is 13.2 Å². The number of amides is 1. The normalized spacial score (nSPS) is 27.2. The molecule has 1 heterocycles. The molecule has 96 valence electrons. The summed E-state index contributed by atoms with van der Waals surface area (Å²) in [6, 6.07) is 1.21. The van der Waals surface area contributed by atoms with Crippen LogP contribution in [0.25, 0.3) is 0 Å². The van der Waals surface area contributed by atoms with E-state index in [4.69, 9.17) is 10.00 Å². The van der Waals surface area contributed by atoms with E-state index in [-0.39, 0.29) is 11.5 Å². The van der Waals surface area contributed by atoms with Crippen LogP contribution >= 0.6 is 0 Å². The standard InChI is InChI=1S/C10H16N2O4S/c1-10(2,3)16-9(13)12-8-6-17(14,15)5-7(8)4-11/h7-8H,5-6H2,1-3H3,(H,12,13). The van der Waals surface area contributed by atoms with Gasteiger partial charge in [-0.05, 0) is 20.8 Å². The number of sulfone groups is 1. The van der Waals surface area contributed by atoms with Gasteiger partial charge in [0.15, 0.2) is 9.84 Å². The van der Waals surface area contributed by atoms with E-state index < -0.39 is 33.5 Å². The van der Waals surface area contributed by atoms with E-state index >= 15 is 0 Å². The number of carbonyl (C=O) groups is 1. The minimum Gasteiger partial charge on any atom is -0.444 e. The molecule has 2 atom stereocenters. The Morgan fingerprint density at radius 3 is 2.47 bits per heavy atom. The van der Waals surface area contributed by atoms with Crippen molar-refractivity contribution in [2.45, 2.75) is 32.4 Å². The molecule has 1 aliphatic heterocycles. The van der Waals surface area contributed by atoms with Gasteiger partial charge in [-0.2, -0.15) is 5.26 Å². The van der Waals surface area contributed by atoms with E-state index in [0.29, 0.717) is 0 Å². The number of rotatable bonds is 1. The predicted molar refractivity (Wildman–Crippen MR) is 60.9 cm³/mol. The van der Waals surface area contributed by atoms with Crippen molar-refractivity contribution >= 4 is 15.9 Å². The molecule has 0 radical (unpaired) electrons. The molecule has 0 saturated carbocycles. The van der Waals surface area contributed by atoms with Crippen molar-refractivity contribution in [2.75, 3.05) is 11.5 Å². The molecular formula is C10H16N2O4S. The molecule has 0 spiro atoms. The van der Waals surface area contributed by atoms with Gasteiger partial charge in [0.05, 0.1) is 29.5 Å². The molecule has 1 aliphatic rings. The fraction of sp³-hybridized carbons (Fsp3) is 0.800. The Bertz CT molecular complexity index is 444. The molecule has 17 heavy (non-hydrogen) atoms. The zero-order valence-electron chi connectivity index (χ0n) is 10.1. The average Bonchev–Trinajstić information content (AvgIpc) is 2.36. The van der Waals surface area contributed by atoms with Gasteiger partial charge in [0.25, 0.3) is 0 Å². The first kappa shape index (κ1) is 13.8. The topological polar surface area (TPSA) is 96.3 Å². The molecule has 7 heteroatoms. The van der Waals surface area contributed by atoms with Gasteiger partial charge in [-0.15, -0.1) is 0 Å². The van der Waals surface area contributed by atoms with Crippen LogP contribution in [-0.4, -0.2) is 37.7 Å². The van der Waals surface area contributed by atoms with E-state index in [1.54, 1.807) is 20.8 Å². The summed E-state index contributed by atoms with van der Waals surface area (Å²) in [6.45, 7) is 5.12. The van der Waals surface area contributed by atoms with Gasteiger partial charge < -0.3 is 10.1 Å². The van der Waals surface area contributed by atoms with Gasteiger partial charge in [-0.25, -0.2) is 13.2 Å². The second-order valence-corrected chi connectivity index (χ2v) is 7.22. The van der Waals surface area contributed by atoms with E-state index in [1.165, 1.54) is 0 Å². The quantitative estimate of drug-likeness (QED) is 0.738. The average molecular weight is 260 g/mol. The maximum absolute atomic E-state index is 11.4. The van der Waals surface area contributed by atoms with Crippen LogP contribution in [0.2, 0.25) is 0 Å². The second kappa shape index (κ2) is 4.53. The van der Waals surface area contributed by atoms with Crippen LogP contribution in [-0.2, 0) is 14.6 Å². The zero-order chi connectivity index (χ0) is 13.3. The third kappa shape index (κ3) is 4.23. The van der Waals surface area contributed by atoms with Gasteiger partial charge in [0, 0.05) is 0 Å². The van der Waals surface area contributed by atoms with Gasteiger partial charge >= 0.3 is 6.09 Å². The molecule has 0 bridgehead atoms. The smallest absolute Gasteiger partial charge is 0.407 e. The molecule has 0 aromatic heterocycles. The summed E-state index contributed by atoms with van der Waals surface area (Å²) in [5.74, 6) is -1.11. The highest BCUT2D eigenvalue weighted by Gasteiger charge is 2.39. The number of ether oxygens (including phenoxy) is 1. The number of nitrogens with zero attached hydrogens (tertiary/aromatic N) is 1. The molecule has 6 nitrogen and oxygen atoms in total. The number of nitrogens with one attached hydrogen (secondary N) is 1. The monoisotopic (exact) mass is 260 g/mol. The van der Waals surface area contributed by atoms with E-state index in [1.807, 2.05) is 6.07 Å². The van der Waals surface area contributed by atoms with Gasteiger partial charge in [-0.1, -0.05) is 0 Å². The second-order valence-electron chi connectivity index (χ2n) is 5.07. The molecule has 1 fully saturated rings. The largest absolute Gasteiger partial charge is 0.444 e. The van der Waals surface area contributed by atoms with Crippen molar-refractivity contribution in [1.29, 1.82) is 5.26 Å². The highest BCUT2D eigenvalue weighted by molar-refractivity contribution is 7.91. The highest BCUT2D eigenvalue weighted by Crippen LogP contribution is 2.19. The van der Waals surface area contributed by atoms with Crippen LogP contribution in [0, 0.1) is 17.2 Å². The van der Waals surface area contributed by atoms with E-state index in [0.717, 1.165) is 0 Å². The summed E-state index contributed by atoms with van der Waals surface area (Å²) in [7, 11) is -3.24. The first-order valence-corrected chi connectivity index (χ1v) is 7.05. The molecule has 2 unspecified atom stereocenters. The minimum absolute atomic E-state index is 0.204. The van der Waals surface area contributed by atoms with Gasteiger partial charge in [-0.3, -0.25) is 0 Å². The van der Waals surface area contributed by atoms with Crippen LogP contribution < -0.4 is 5.32 Å². The van der Waals surface area contributed by atoms with Crippen molar-refractivity contribution in [3.63, 3.8) is 0 Å². The van der Waals surface area contributed by atoms with Crippen LogP contribution in [0.1, 0.15) is 20.8 Å². The van der Waals surface area contributed by atoms with Gasteiger partial charge in [0.2, 0.25) is 0 Å². The zero-order valence-corrected chi connectivity index (χ0v) is 10.9. The third-order valence-electron chi connectivity index (χ3n) is 2.22. The first-order valence-electron chi connectivity index (χ1n) is 5.22. The van der Waals surface area contributed by atoms with Crippen molar-refractivity contribution in [2.24, 2.45) is 5.92 Å². The Labute approximate surface area is 101 Å². The number of carbonyl (C=O) groups excluding carboxylic acids is 1. The molecule has 0 aromatic rings. The Morgan fingerprint density at radius 2 is 2.00 bits per heavy atom. The third-order valence-corrected chi connectivity index (χ3v) is 3.95. The maximum Gasteiger partial charge on any atom is 0.407 e. The molecular weight excluding hydrogens is 244 g/mol. The lowest BCUT2D eigenvalue weighted by atomic mass is 10.1. The molecule has 1 rings (SSSR count). The number of alkyl carbamates (subject to hydrolysis) is 1. The van der Waals surface area contributed by atoms with Crippen molar-refractivity contribution in [3.8, 4) is 6.07 Å². The number of hydrogen-bond donors (Lipinski definition) is 1. The first-order chi connectivity index (χ1) is 7.63. The van der Waals surface area contributed by atoms with Crippen LogP contribution in [0.3, 0.4) is 0 Å². The van der Waals surface area contributed by atoms with Crippen LogP contribution in [0.15, 0.2) is 0 Å². The predicted octanol–water partition coefficient (Wildman–Crippen LogP) is 0.448. The molecule has 1 N–H and O–H groups in total. The Balaban J connectivity index is 2.64. The molecule has 0 aliphatic carbocycles. The number of hydrogen-bond acceptors (Lipinski definition) is 5. The summed E-state index contributed by atoms with van der Waals surface area (Å²) in [5.41, 5.74) is -0.649. The molecule has 1 saturated heterocycles. The fourth-order valence-corrected chi connectivity index (χ4v) is 3.43. The summed E-state index contributed by atoms with van der Waals surface area (Å²) in [4.78, 5) is 11.4. The summed E-state index contributed by atoms with van der Waals surface area (Å²) in [6.07, 6.45) is -0.695. The highest BCUT2D eigenvalue weighted by atomic mass is 32.2. The molecule has 1 amide bonds. The maximum atomic E-state index is 11.4. The summed E-state index contributed by atoms with van der Waals surface area (Å²) < 4.78 is 27.7. The Morgan fingerprint density at radius 1 is 1.41 bits per heavy atom. The van der Waals surface area contributed by atoms with E-state index in [2.05, 4.69) is 5.32 Å². The van der Waals surface area contributed by atoms with Crippen molar-refractivity contribution < 1.29 is 17.9 Å². The SMILES string of the molecule is CC(C)(C)OC(=O)NC1CS(=O)(=O)CC1C#N. The lowest BCUT2D eigenvalue weighted by molar-refractivity contribution is 0.0504. The minimum atomic E-state index is -3.24. The van der Waals surface area contributed by atoms with Crippen molar-refractivity contribution in [1.82, 2.24) is 5.32 Å². The molecule has 0 aromatic carbocycles. The Hall–Kier alpha value is -1.29. The lowest BCUT2D eigenvalue weighted by Gasteiger charge is -2.22. The van der Waals surface area contributed by atoms with Crippen molar-refractivity contribution in [3.05, 3.63) is 0 Å². The Kier molecular flexibility index (Phi) is 3.67. The van der Waals surface area contributed by atoms with Crippen LogP contribution in [0.4, 0.5) is 4.79 Å². The summed E-state index contributed by atoms with van der Waals surface area (Å²) >= 11 is 0. The van der Waals surface area contributed by atoms with Gasteiger partial charge in [0.1, 0.15) is 5.60 Å². The number of nitriles is 1. The lowest BCUT2D eigenvalue weighted by Crippen LogP contribution is -2.42. The fourth-order valence-electron chi connectivity index (χ4n) is 1.58. The summed E-state index contributed by atoms with van der Waals surface area (Å²) in [5, 5.41) is 11.2.